The lowest BCUT2D eigenvalue weighted by atomic mass is 9.95. The average molecular weight is 568 g/mol. The molecule has 0 amide bonds. The zero-order chi connectivity index (χ0) is 28.1. The molecule has 1 aliphatic rings. The predicted molar refractivity (Wildman–Crippen MR) is 141 cm³/mol. The summed E-state index contributed by atoms with van der Waals surface area (Å²) >= 11 is 5.69. The molecule has 1 saturated heterocycles. The van der Waals surface area contributed by atoms with Gasteiger partial charge in [0, 0.05) is 12.3 Å². The SMILES string of the molecule is C#C[C@@]1(O)[C@H](O)[C@@H](COP(=S)(NC(CC)C(=O)OC(C)C)Oc2ccccc2)O[C@H]1n1ccc(=O)[nH]c1=O. The van der Waals surface area contributed by atoms with Gasteiger partial charge in [-0.3, -0.25) is 19.1 Å². The zero-order valence-electron chi connectivity index (χ0n) is 21.0. The second kappa shape index (κ2) is 12.4. The van der Waals surface area contributed by atoms with Gasteiger partial charge in [-0.05, 0) is 44.2 Å². The van der Waals surface area contributed by atoms with Gasteiger partial charge in [-0.25, -0.2) is 9.88 Å². The van der Waals surface area contributed by atoms with E-state index in [-0.39, 0.29) is 6.10 Å². The van der Waals surface area contributed by atoms with Crippen LogP contribution in [0.5, 0.6) is 5.75 Å². The van der Waals surface area contributed by atoms with Crippen LogP contribution in [0.25, 0.3) is 0 Å². The van der Waals surface area contributed by atoms with E-state index in [4.69, 9.17) is 36.8 Å². The Morgan fingerprint density at radius 2 is 2.03 bits per heavy atom. The van der Waals surface area contributed by atoms with Gasteiger partial charge in [-0.15, -0.1) is 6.42 Å². The number of aliphatic hydroxyl groups excluding tert-OH is 1. The number of rotatable bonds is 11. The molecule has 38 heavy (non-hydrogen) atoms. The van der Waals surface area contributed by atoms with Gasteiger partial charge in [-0.2, -0.15) is 0 Å². The van der Waals surface area contributed by atoms with Crippen molar-refractivity contribution >= 4 is 24.4 Å². The Kier molecular flexibility index (Phi) is 9.67. The number of carbonyl (C=O) groups is 1. The number of aromatic amines is 1. The van der Waals surface area contributed by atoms with Gasteiger partial charge in [0.15, 0.2) is 11.8 Å². The molecule has 6 atom stereocenters. The molecule has 1 aromatic heterocycles. The van der Waals surface area contributed by atoms with Crippen LogP contribution >= 0.6 is 6.64 Å². The fraction of sp³-hybridized carbons (Fsp3) is 0.458. The summed E-state index contributed by atoms with van der Waals surface area (Å²) in [5.74, 6) is 1.88. The molecule has 4 N–H and O–H groups in total. The fourth-order valence-electron chi connectivity index (χ4n) is 3.65. The summed E-state index contributed by atoms with van der Waals surface area (Å²) < 4.78 is 23.8. The number of hydrogen-bond acceptors (Lipinski definition) is 10. The fourth-order valence-corrected chi connectivity index (χ4v) is 6.06. The Hall–Kier alpha value is -2.82. The highest BCUT2D eigenvalue weighted by Crippen LogP contribution is 2.47. The Morgan fingerprint density at radius 1 is 1.34 bits per heavy atom. The van der Waals surface area contributed by atoms with Crippen molar-refractivity contribution in [3.05, 3.63) is 63.4 Å². The number of hydrogen-bond donors (Lipinski definition) is 4. The minimum absolute atomic E-state index is 0.308. The number of esters is 1. The van der Waals surface area contributed by atoms with Gasteiger partial charge in [0.25, 0.3) is 5.56 Å². The Bertz CT molecular complexity index is 1330. The first-order valence-electron chi connectivity index (χ1n) is 11.7. The molecule has 3 rings (SSSR count). The number of nitrogens with one attached hydrogen (secondary N) is 2. The molecule has 0 bridgehead atoms. The third-order valence-corrected chi connectivity index (χ3v) is 7.98. The smallest absolute Gasteiger partial charge is 0.330 e. The number of benzene rings is 1. The number of carbonyl (C=O) groups excluding carboxylic acids is 1. The van der Waals surface area contributed by atoms with Gasteiger partial charge < -0.3 is 28.7 Å². The molecule has 0 radical (unpaired) electrons. The molecule has 0 spiro atoms. The van der Waals surface area contributed by atoms with Crippen molar-refractivity contribution in [1.29, 1.82) is 0 Å². The maximum Gasteiger partial charge on any atom is 0.330 e. The molecule has 206 valence electrons. The van der Waals surface area contributed by atoms with Crippen LogP contribution < -0.4 is 20.9 Å². The highest BCUT2D eigenvalue weighted by Gasteiger charge is 2.56. The first-order valence-corrected chi connectivity index (χ1v) is 14.4. The lowest BCUT2D eigenvalue weighted by Gasteiger charge is -2.29. The van der Waals surface area contributed by atoms with E-state index in [0.717, 1.165) is 16.8 Å². The predicted octanol–water partition coefficient (Wildman–Crippen LogP) is 0.799. The summed E-state index contributed by atoms with van der Waals surface area (Å²) in [7, 11) is 0. The third kappa shape index (κ3) is 6.78. The van der Waals surface area contributed by atoms with Gasteiger partial charge in [0.05, 0.1) is 12.7 Å². The molecule has 1 aliphatic heterocycles. The normalized spacial score (nSPS) is 25.3. The Labute approximate surface area is 224 Å². The summed E-state index contributed by atoms with van der Waals surface area (Å²) in [6.45, 7) is 1.24. The number of H-pyrrole nitrogens is 1. The molecule has 2 heterocycles. The first kappa shape index (κ1) is 29.7. The van der Waals surface area contributed by atoms with E-state index in [1.54, 1.807) is 51.1 Å². The van der Waals surface area contributed by atoms with Crippen LogP contribution in [0.1, 0.15) is 33.4 Å². The maximum absolute atomic E-state index is 12.6. The molecular formula is C24H30N3O9PS. The van der Waals surface area contributed by atoms with Crippen molar-refractivity contribution < 1.29 is 33.5 Å². The summed E-state index contributed by atoms with van der Waals surface area (Å²) in [5.41, 5.74) is -3.92. The summed E-state index contributed by atoms with van der Waals surface area (Å²) in [4.78, 5) is 38.4. The Morgan fingerprint density at radius 3 is 2.61 bits per heavy atom. The molecule has 12 nitrogen and oxygen atoms in total. The van der Waals surface area contributed by atoms with Gasteiger partial charge >= 0.3 is 18.3 Å². The highest BCUT2D eigenvalue weighted by atomic mass is 32.5. The maximum atomic E-state index is 12.6. The molecule has 14 heteroatoms. The largest absolute Gasteiger partial charge is 0.462 e. The summed E-state index contributed by atoms with van der Waals surface area (Å²) in [6, 6.07) is 8.70. The number of aromatic nitrogens is 2. The lowest BCUT2D eigenvalue weighted by molar-refractivity contribution is -0.149. The zero-order valence-corrected chi connectivity index (χ0v) is 22.7. The van der Waals surface area contributed by atoms with Crippen molar-refractivity contribution in [2.45, 2.75) is 63.4 Å². The van der Waals surface area contributed by atoms with Crippen molar-refractivity contribution in [2.75, 3.05) is 6.61 Å². The summed E-state index contributed by atoms with van der Waals surface area (Å²) in [5, 5.41) is 24.8. The molecule has 1 fully saturated rings. The van der Waals surface area contributed by atoms with Crippen molar-refractivity contribution in [3.63, 3.8) is 0 Å². The molecule has 2 unspecified atom stereocenters. The van der Waals surface area contributed by atoms with E-state index in [1.807, 2.05) is 4.98 Å². The van der Waals surface area contributed by atoms with Crippen LogP contribution in [0.2, 0.25) is 0 Å². The van der Waals surface area contributed by atoms with Crippen LogP contribution in [0.4, 0.5) is 0 Å². The van der Waals surface area contributed by atoms with Gasteiger partial charge in [0.2, 0.25) is 0 Å². The number of ether oxygens (including phenoxy) is 2. The van der Waals surface area contributed by atoms with E-state index < -0.39 is 60.5 Å². The van der Waals surface area contributed by atoms with Crippen LogP contribution in [-0.4, -0.2) is 62.3 Å². The highest BCUT2D eigenvalue weighted by molar-refractivity contribution is 8.09. The summed E-state index contributed by atoms with van der Waals surface area (Å²) in [6.07, 6.45) is 1.99. The van der Waals surface area contributed by atoms with E-state index in [1.165, 1.54) is 0 Å². The van der Waals surface area contributed by atoms with Crippen molar-refractivity contribution in [3.8, 4) is 18.1 Å². The van der Waals surface area contributed by atoms with E-state index in [2.05, 4.69) is 11.0 Å². The van der Waals surface area contributed by atoms with Crippen LogP contribution in [-0.2, 0) is 30.6 Å². The number of para-hydroxylation sites is 1. The lowest BCUT2D eigenvalue weighted by Crippen LogP contribution is -2.48. The quantitative estimate of drug-likeness (QED) is 0.173. The monoisotopic (exact) mass is 567 g/mol. The third-order valence-electron chi connectivity index (χ3n) is 5.55. The van der Waals surface area contributed by atoms with Crippen LogP contribution in [0.15, 0.2) is 52.2 Å². The van der Waals surface area contributed by atoms with Gasteiger partial charge in [0.1, 0.15) is 24.0 Å². The molecule has 0 aliphatic carbocycles. The molecule has 2 aromatic rings. The van der Waals surface area contributed by atoms with Crippen molar-refractivity contribution in [2.24, 2.45) is 0 Å². The number of nitrogens with zero attached hydrogens (tertiary/aromatic N) is 1. The minimum atomic E-state index is -3.51. The van der Waals surface area contributed by atoms with E-state index in [0.29, 0.717) is 12.2 Å². The first-order chi connectivity index (χ1) is 17.9. The second-order valence-electron chi connectivity index (χ2n) is 8.73. The topological polar surface area (TPSA) is 161 Å². The average Bonchev–Trinajstić information content (AvgIpc) is 3.12. The van der Waals surface area contributed by atoms with Crippen LogP contribution in [0, 0.1) is 12.3 Å². The Balaban J connectivity index is 1.86. The molecular weight excluding hydrogens is 537 g/mol. The second-order valence-corrected chi connectivity index (χ2v) is 11.9. The van der Waals surface area contributed by atoms with Gasteiger partial charge in [-0.1, -0.05) is 31.0 Å². The van der Waals surface area contributed by atoms with E-state index in [9.17, 15) is 24.6 Å². The van der Waals surface area contributed by atoms with Crippen LogP contribution in [0.3, 0.4) is 0 Å². The minimum Gasteiger partial charge on any atom is -0.462 e. The standard InChI is InChI=1S/C24H30N3O9PS/c1-5-17(21(30)34-15(3)4)26-37(38,36-16-10-8-7-9-11-16)33-14-18-20(29)24(32,6-2)22(35-18)27-13-12-19(28)25-23(27)31/h2,7-13,15,17-18,20,22,29,32H,5,14H2,1,3-4H3,(H,26,38)(H,25,28,31)/t17?,18-,20-,22-,24-,37?/m1/s1. The van der Waals surface area contributed by atoms with E-state index >= 15 is 0 Å². The van der Waals surface area contributed by atoms with Crippen molar-refractivity contribution in [1.82, 2.24) is 14.6 Å². The number of terminal acetylenes is 1. The molecule has 0 saturated carbocycles. The molecule has 1 aromatic carbocycles. The number of aliphatic hydroxyl groups is 2.